The minimum atomic E-state index is -3.27. The lowest BCUT2D eigenvalue weighted by atomic mass is 9.99. The van der Waals surface area contributed by atoms with Crippen molar-refractivity contribution in [1.82, 2.24) is 15.6 Å². The van der Waals surface area contributed by atoms with E-state index in [-0.39, 0.29) is 6.04 Å². The number of morpholine rings is 1. The summed E-state index contributed by atoms with van der Waals surface area (Å²) in [5.41, 5.74) is 2.85. The van der Waals surface area contributed by atoms with Crippen LogP contribution in [-0.2, 0) is 9.53 Å². The molecule has 0 saturated carbocycles. The third-order valence-corrected chi connectivity index (χ3v) is 4.72. The topological polar surface area (TPSA) is 83.5 Å². The van der Waals surface area contributed by atoms with Crippen molar-refractivity contribution >= 4 is 5.91 Å². The summed E-state index contributed by atoms with van der Waals surface area (Å²) in [5.74, 6) is -1.62. The Kier molecular flexibility index (Phi) is 7.18. The fraction of sp³-hybridized carbons (Fsp3) is 0.400. The number of nitrogens with one attached hydrogen (secondary N) is 2. The summed E-state index contributed by atoms with van der Waals surface area (Å²) in [7, 11) is 0. The van der Waals surface area contributed by atoms with E-state index in [1.165, 1.54) is 0 Å². The Balaban J connectivity index is 1.68. The van der Waals surface area contributed by atoms with Crippen molar-refractivity contribution in [3.8, 4) is 11.1 Å². The van der Waals surface area contributed by atoms with E-state index in [1.54, 1.807) is 30.5 Å². The number of benzene rings is 1. The van der Waals surface area contributed by atoms with E-state index in [0.717, 1.165) is 23.4 Å². The summed E-state index contributed by atoms with van der Waals surface area (Å²) >= 11 is 0. The van der Waals surface area contributed by atoms with E-state index in [1.807, 2.05) is 17.4 Å². The molecule has 2 heterocycles. The number of hydrogen-bond donors (Lipinski definition) is 3. The highest BCUT2D eigenvalue weighted by Gasteiger charge is 2.26. The van der Waals surface area contributed by atoms with Gasteiger partial charge in [-0.15, -0.1) is 0 Å². The normalized spacial score (nSPS) is 19.0. The van der Waals surface area contributed by atoms with Crippen molar-refractivity contribution in [2.75, 3.05) is 26.4 Å². The van der Waals surface area contributed by atoms with Gasteiger partial charge in [0.05, 0.1) is 31.0 Å². The van der Waals surface area contributed by atoms with Crippen LogP contribution in [0.25, 0.3) is 11.1 Å². The zero-order valence-electron chi connectivity index (χ0n) is 15.5. The molecule has 156 valence electrons. The quantitative estimate of drug-likeness (QED) is 0.653. The predicted molar refractivity (Wildman–Crippen MR) is 100 cm³/mol. The van der Waals surface area contributed by atoms with E-state index in [4.69, 9.17) is 4.74 Å². The molecule has 1 aromatic carbocycles. The average Bonchev–Trinajstić information content (AvgIpc) is 2.77. The number of rotatable bonds is 7. The molecule has 0 aliphatic carbocycles. The maximum Gasteiger partial charge on any atom is 0.315 e. The number of carbonyl (C=O) groups excluding carboxylic acids is 1. The smallest absolute Gasteiger partial charge is 0.315 e. The highest BCUT2D eigenvalue weighted by atomic mass is 19.3. The van der Waals surface area contributed by atoms with E-state index in [2.05, 4.69) is 10.3 Å². The summed E-state index contributed by atoms with van der Waals surface area (Å²) < 4.78 is 43.2. The molecule has 9 heteroatoms. The lowest BCUT2D eigenvalue weighted by molar-refractivity contribution is -0.133. The zero-order valence-corrected chi connectivity index (χ0v) is 15.5. The number of carbonyl (C=O) groups is 1. The number of aliphatic hydroxyl groups excluding tert-OH is 1. The number of nitrogens with zero attached hydrogens (tertiary/aromatic N) is 1. The van der Waals surface area contributed by atoms with Crippen LogP contribution in [0.15, 0.2) is 42.6 Å². The Morgan fingerprint density at radius 2 is 1.97 bits per heavy atom. The molecule has 1 fully saturated rings. The van der Waals surface area contributed by atoms with Crippen LogP contribution < -0.4 is 10.6 Å². The van der Waals surface area contributed by atoms with Crippen LogP contribution in [0, 0.1) is 0 Å². The second-order valence-electron chi connectivity index (χ2n) is 6.69. The molecule has 2 aromatic rings. The molecular formula is C20H22F3N3O3. The summed E-state index contributed by atoms with van der Waals surface area (Å²) in [6, 6.07) is 8.96. The van der Waals surface area contributed by atoms with Crippen LogP contribution >= 0.6 is 0 Å². The predicted octanol–water partition coefficient (Wildman–Crippen LogP) is 2.16. The van der Waals surface area contributed by atoms with Gasteiger partial charge in [0.1, 0.15) is 12.8 Å². The van der Waals surface area contributed by atoms with Crippen LogP contribution in [0.1, 0.15) is 23.4 Å². The first kappa shape index (κ1) is 21.2. The molecule has 3 atom stereocenters. The number of amides is 1. The number of aliphatic hydroxyl groups is 1. The van der Waals surface area contributed by atoms with Crippen molar-refractivity contribution in [2.45, 2.75) is 24.6 Å². The lowest BCUT2D eigenvalue weighted by Crippen LogP contribution is -2.43. The summed E-state index contributed by atoms with van der Waals surface area (Å²) in [6.45, 7) is 0.847. The number of ether oxygens (including phenoxy) is 1. The van der Waals surface area contributed by atoms with E-state index >= 15 is 0 Å². The molecule has 1 saturated heterocycles. The average molecular weight is 409 g/mol. The van der Waals surface area contributed by atoms with Crippen LogP contribution in [0.5, 0.6) is 0 Å². The Hall–Kier alpha value is -2.49. The molecule has 0 bridgehead atoms. The molecule has 6 nitrogen and oxygen atoms in total. The summed E-state index contributed by atoms with van der Waals surface area (Å²) in [4.78, 5) is 15.5. The van der Waals surface area contributed by atoms with Gasteiger partial charge in [-0.05, 0) is 17.2 Å². The molecule has 1 aliphatic heterocycles. The highest BCUT2D eigenvalue weighted by Crippen LogP contribution is 2.24. The molecule has 1 unspecified atom stereocenters. The van der Waals surface area contributed by atoms with Crippen molar-refractivity contribution in [1.29, 1.82) is 0 Å². The van der Waals surface area contributed by atoms with Gasteiger partial charge >= 0.3 is 6.43 Å². The van der Waals surface area contributed by atoms with E-state index < -0.39 is 31.2 Å². The second-order valence-corrected chi connectivity index (χ2v) is 6.69. The van der Waals surface area contributed by atoms with Gasteiger partial charge in [-0.2, -0.15) is 8.78 Å². The monoisotopic (exact) mass is 409 g/mol. The first-order valence-corrected chi connectivity index (χ1v) is 9.19. The van der Waals surface area contributed by atoms with Gasteiger partial charge in [0, 0.05) is 18.3 Å². The molecule has 0 spiro atoms. The number of hydrogen-bond acceptors (Lipinski definition) is 5. The van der Waals surface area contributed by atoms with Crippen LogP contribution in [-0.4, -0.2) is 54.9 Å². The third kappa shape index (κ3) is 5.31. The maximum atomic E-state index is 13.1. The van der Waals surface area contributed by atoms with Crippen LogP contribution in [0.3, 0.4) is 0 Å². The number of pyridine rings is 1. The standard InChI is InChI=1S/C20H22F3N3O3/c21-9-16(26-20(28)19(22)23)18(27)13-3-1-12(2-4-13)14-5-6-15(25-10-14)17-11-29-8-7-24-17/h1-6,10,16-19,24,27H,7-9,11H2,(H,26,28)/t16-,17?,18+/m1/s1. The maximum absolute atomic E-state index is 13.1. The second kappa shape index (κ2) is 9.82. The fourth-order valence-corrected chi connectivity index (χ4v) is 3.09. The van der Waals surface area contributed by atoms with E-state index in [0.29, 0.717) is 18.8 Å². The first-order valence-electron chi connectivity index (χ1n) is 9.19. The van der Waals surface area contributed by atoms with Gasteiger partial charge in [0.25, 0.3) is 5.91 Å². The Labute approximate surface area is 166 Å². The van der Waals surface area contributed by atoms with Gasteiger partial charge in [0.2, 0.25) is 0 Å². The number of halogens is 3. The Bertz CT molecular complexity index is 797. The molecule has 0 radical (unpaired) electrons. The molecule has 3 rings (SSSR count). The Morgan fingerprint density at radius 1 is 1.24 bits per heavy atom. The van der Waals surface area contributed by atoms with Crippen LogP contribution in [0.4, 0.5) is 13.2 Å². The number of aromatic nitrogens is 1. The fourth-order valence-electron chi connectivity index (χ4n) is 3.09. The van der Waals surface area contributed by atoms with Crippen molar-refractivity contribution in [2.24, 2.45) is 0 Å². The van der Waals surface area contributed by atoms with Crippen LogP contribution in [0.2, 0.25) is 0 Å². The molecule has 1 aromatic heterocycles. The van der Waals surface area contributed by atoms with Gasteiger partial charge in [-0.3, -0.25) is 9.78 Å². The van der Waals surface area contributed by atoms with Gasteiger partial charge in [-0.1, -0.05) is 30.3 Å². The zero-order chi connectivity index (χ0) is 20.8. The van der Waals surface area contributed by atoms with E-state index in [9.17, 15) is 23.1 Å². The molecule has 3 N–H and O–H groups in total. The molecule has 1 aliphatic rings. The number of alkyl halides is 3. The lowest BCUT2D eigenvalue weighted by Gasteiger charge is -2.23. The molecular weight excluding hydrogens is 387 g/mol. The van der Waals surface area contributed by atoms with Crippen molar-refractivity contribution in [3.05, 3.63) is 53.9 Å². The molecule has 1 amide bonds. The minimum Gasteiger partial charge on any atom is -0.386 e. The highest BCUT2D eigenvalue weighted by molar-refractivity contribution is 5.79. The third-order valence-electron chi connectivity index (χ3n) is 4.72. The van der Waals surface area contributed by atoms with Crippen molar-refractivity contribution < 1.29 is 27.8 Å². The largest absolute Gasteiger partial charge is 0.386 e. The Morgan fingerprint density at radius 3 is 2.52 bits per heavy atom. The summed E-state index contributed by atoms with van der Waals surface area (Å²) in [6.07, 6.45) is -3.00. The first-order chi connectivity index (χ1) is 14.0. The summed E-state index contributed by atoms with van der Waals surface area (Å²) in [5, 5.41) is 15.4. The minimum absolute atomic E-state index is 0.0522. The van der Waals surface area contributed by atoms with Gasteiger partial charge in [0.15, 0.2) is 0 Å². The molecule has 29 heavy (non-hydrogen) atoms. The van der Waals surface area contributed by atoms with Gasteiger partial charge in [-0.25, -0.2) is 4.39 Å². The van der Waals surface area contributed by atoms with Crippen molar-refractivity contribution in [3.63, 3.8) is 0 Å². The van der Waals surface area contributed by atoms with Gasteiger partial charge < -0.3 is 20.5 Å². The SMILES string of the molecule is O=C(N[C@H](CF)[C@@H](O)c1ccc(-c2ccc(C3COCCN3)nc2)cc1)C(F)F.